The summed E-state index contributed by atoms with van der Waals surface area (Å²) in [5, 5.41) is 0. The maximum absolute atomic E-state index is 12.6. The first-order valence-electron chi connectivity index (χ1n) is 9.25. The second-order valence-electron chi connectivity index (χ2n) is 7.04. The molecule has 2 aromatic carbocycles. The number of ketones is 1. The Hall–Kier alpha value is -2.42. The van der Waals surface area contributed by atoms with Gasteiger partial charge < -0.3 is 4.90 Å². The minimum absolute atomic E-state index is 0.0521. The van der Waals surface area contributed by atoms with Crippen molar-refractivity contribution < 1.29 is 9.59 Å². The zero-order chi connectivity index (χ0) is 17.2. The van der Waals surface area contributed by atoms with Crippen LogP contribution in [0.1, 0.15) is 52.7 Å². The monoisotopic (exact) mass is 333 g/mol. The van der Waals surface area contributed by atoms with E-state index in [4.69, 9.17) is 0 Å². The van der Waals surface area contributed by atoms with Gasteiger partial charge >= 0.3 is 0 Å². The molecule has 128 valence electrons. The number of nitrogens with zero attached hydrogens (tertiary/aromatic N) is 1. The Bertz CT molecular complexity index is 825. The van der Waals surface area contributed by atoms with Crippen molar-refractivity contribution in [1.82, 2.24) is 0 Å². The van der Waals surface area contributed by atoms with E-state index in [0.717, 1.165) is 37.1 Å². The van der Waals surface area contributed by atoms with E-state index in [9.17, 15) is 9.59 Å². The quantitative estimate of drug-likeness (QED) is 0.789. The highest BCUT2D eigenvalue weighted by Crippen LogP contribution is 2.28. The molecule has 0 bridgehead atoms. The van der Waals surface area contributed by atoms with Gasteiger partial charge in [0.05, 0.1) is 0 Å². The Labute approximate surface area is 148 Å². The number of para-hydroxylation sites is 1. The predicted octanol–water partition coefficient (Wildman–Crippen LogP) is 4.12. The lowest BCUT2D eigenvalue weighted by molar-refractivity contribution is -0.118. The lowest BCUT2D eigenvalue weighted by atomic mass is 9.89. The SMILES string of the molecule is O=C(CCC(=O)N1CCc2ccccc21)c1ccc2c(c1)CCCC2. The van der Waals surface area contributed by atoms with E-state index < -0.39 is 0 Å². The maximum atomic E-state index is 12.6. The van der Waals surface area contributed by atoms with Crippen molar-refractivity contribution in [3.63, 3.8) is 0 Å². The first-order chi connectivity index (χ1) is 12.2. The van der Waals surface area contributed by atoms with Gasteiger partial charge in [0.1, 0.15) is 0 Å². The van der Waals surface area contributed by atoms with Crippen molar-refractivity contribution in [2.75, 3.05) is 11.4 Å². The molecule has 1 aliphatic heterocycles. The zero-order valence-electron chi connectivity index (χ0n) is 14.5. The Kier molecular flexibility index (Phi) is 4.39. The van der Waals surface area contributed by atoms with Gasteiger partial charge in [-0.3, -0.25) is 9.59 Å². The van der Waals surface area contributed by atoms with Crippen LogP contribution in [-0.4, -0.2) is 18.2 Å². The Balaban J connectivity index is 1.40. The normalized spacial score (nSPS) is 15.6. The first kappa shape index (κ1) is 16.1. The van der Waals surface area contributed by atoms with Gasteiger partial charge in [0.2, 0.25) is 5.91 Å². The van der Waals surface area contributed by atoms with Crippen LogP contribution in [0.5, 0.6) is 0 Å². The highest BCUT2D eigenvalue weighted by atomic mass is 16.2. The Morgan fingerprint density at radius 3 is 2.52 bits per heavy atom. The van der Waals surface area contributed by atoms with E-state index in [-0.39, 0.29) is 24.5 Å². The molecule has 1 aliphatic carbocycles. The van der Waals surface area contributed by atoms with E-state index in [1.54, 1.807) is 0 Å². The van der Waals surface area contributed by atoms with Crippen LogP contribution in [0.4, 0.5) is 5.69 Å². The number of hydrogen-bond donors (Lipinski definition) is 0. The third kappa shape index (κ3) is 3.23. The molecular formula is C22H23NO2. The minimum Gasteiger partial charge on any atom is -0.312 e. The second kappa shape index (κ2) is 6.83. The van der Waals surface area contributed by atoms with Crippen molar-refractivity contribution >= 4 is 17.4 Å². The van der Waals surface area contributed by atoms with Gasteiger partial charge in [-0.25, -0.2) is 0 Å². The molecule has 0 aromatic heterocycles. The Morgan fingerprint density at radius 2 is 1.64 bits per heavy atom. The fourth-order valence-corrected chi connectivity index (χ4v) is 4.00. The lowest BCUT2D eigenvalue weighted by Crippen LogP contribution is -2.29. The summed E-state index contributed by atoms with van der Waals surface area (Å²) >= 11 is 0. The van der Waals surface area contributed by atoms with E-state index in [1.165, 1.54) is 29.5 Å². The fraction of sp³-hybridized carbons (Fsp3) is 0.364. The van der Waals surface area contributed by atoms with Gasteiger partial charge in [0.25, 0.3) is 0 Å². The number of amides is 1. The molecule has 4 rings (SSSR count). The largest absolute Gasteiger partial charge is 0.312 e. The minimum atomic E-state index is 0.0521. The number of rotatable bonds is 4. The van der Waals surface area contributed by atoms with Crippen LogP contribution < -0.4 is 4.90 Å². The number of carbonyl (C=O) groups is 2. The first-order valence-corrected chi connectivity index (χ1v) is 9.25. The van der Waals surface area contributed by atoms with Crippen LogP contribution in [0.25, 0.3) is 0 Å². The third-order valence-electron chi connectivity index (χ3n) is 5.42. The molecule has 0 unspecified atom stereocenters. The summed E-state index contributed by atoms with van der Waals surface area (Å²) in [4.78, 5) is 26.9. The number of Topliss-reactive ketones (excluding diaryl/α,β-unsaturated/α-hetero) is 1. The highest BCUT2D eigenvalue weighted by Gasteiger charge is 2.24. The van der Waals surface area contributed by atoms with Crippen molar-refractivity contribution in [3.05, 3.63) is 64.7 Å². The summed E-state index contributed by atoms with van der Waals surface area (Å²) in [5.74, 6) is 0.130. The van der Waals surface area contributed by atoms with Gasteiger partial charge in [-0.15, -0.1) is 0 Å². The molecule has 25 heavy (non-hydrogen) atoms. The molecule has 0 fully saturated rings. The average Bonchev–Trinajstić information content (AvgIpc) is 3.09. The third-order valence-corrected chi connectivity index (χ3v) is 5.42. The molecule has 0 atom stereocenters. The number of carbonyl (C=O) groups excluding carboxylic acids is 2. The number of anilines is 1. The molecule has 1 heterocycles. The summed E-state index contributed by atoms with van der Waals surface area (Å²) in [6.45, 7) is 0.727. The van der Waals surface area contributed by atoms with Crippen molar-refractivity contribution in [1.29, 1.82) is 0 Å². The molecular weight excluding hydrogens is 310 g/mol. The van der Waals surface area contributed by atoms with Crippen molar-refractivity contribution in [2.24, 2.45) is 0 Å². The summed E-state index contributed by atoms with van der Waals surface area (Å²) < 4.78 is 0. The number of fused-ring (bicyclic) bond motifs is 2. The van der Waals surface area contributed by atoms with Crippen LogP contribution >= 0.6 is 0 Å². The van der Waals surface area contributed by atoms with Gasteiger partial charge in [-0.1, -0.05) is 30.3 Å². The summed E-state index contributed by atoms with van der Waals surface area (Å²) in [6.07, 6.45) is 6.11. The lowest BCUT2D eigenvalue weighted by Gasteiger charge is -2.18. The summed E-state index contributed by atoms with van der Waals surface area (Å²) in [6, 6.07) is 14.1. The summed E-state index contributed by atoms with van der Waals surface area (Å²) in [7, 11) is 0. The molecule has 2 aliphatic rings. The molecule has 2 aromatic rings. The number of hydrogen-bond acceptors (Lipinski definition) is 2. The average molecular weight is 333 g/mol. The highest BCUT2D eigenvalue weighted by molar-refractivity contribution is 6.01. The molecule has 0 N–H and O–H groups in total. The zero-order valence-corrected chi connectivity index (χ0v) is 14.5. The van der Waals surface area contributed by atoms with Crippen molar-refractivity contribution in [3.8, 4) is 0 Å². The van der Waals surface area contributed by atoms with Gasteiger partial charge in [-0.2, -0.15) is 0 Å². The fourth-order valence-electron chi connectivity index (χ4n) is 4.00. The number of aryl methyl sites for hydroxylation is 2. The van der Waals surface area contributed by atoms with E-state index in [2.05, 4.69) is 12.1 Å². The van der Waals surface area contributed by atoms with Gasteiger partial charge in [0, 0.05) is 30.6 Å². The van der Waals surface area contributed by atoms with Crippen LogP contribution in [-0.2, 0) is 24.1 Å². The summed E-state index contributed by atoms with van der Waals surface area (Å²) in [5.41, 5.74) is 5.69. The van der Waals surface area contributed by atoms with Crippen molar-refractivity contribution in [2.45, 2.75) is 44.9 Å². The molecule has 0 radical (unpaired) electrons. The van der Waals surface area contributed by atoms with E-state index in [0.29, 0.717) is 0 Å². The van der Waals surface area contributed by atoms with Gasteiger partial charge in [0.15, 0.2) is 5.78 Å². The van der Waals surface area contributed by atoms with E-state index >= 15 is 0 Å². The topological polar surface area (TPSA) is 37.4 Å². The standard InChI is InChI=1S/C22H23NO2/c24-21(19-10-9-16-5-1-2-7-18(16)15-19)11-12-22(25)23-14-13-17-6-3-4-8-20(17)23/h3-4,6,8-10,15H,1-2,5,7,11-14H2. The molecule has 0 spiro atoms. The maximum Gasteiger partial charge on any atom is 0.227 e. The molecule has 3 heteroatoms. The second-order valence-corrected chi connectivity index (χ2v) is 7.04. The van der Waals surface area contributed by atoms with E-state index in [1.807, 2.05) is 35.2 Å². The molecule has 0 saturated heterocycles. The van der Waals surface area contributed by atoms with Gasteiger partial charge in [-0.05, 0) is 60.9 Å². The van der Waals surface area contributed by atoms with Crippen LogP contribution in [0.3, 0.4) is 0 Å². The molecule has 1 amide bonds. The molecule has 0 saturated carbocycles. The van der Waals surface area contributed by atoms with Crippen LogP contribution in [0.2, 0.25) is 0 Å². The van der Waals surface area contributed by atoms with Crippen LogP contribution in [0, 0.1) is 0 Å². The smallest absolute Gasteiger partial charge is 0.227 e. The molecule has 3 nitrogen and oxygen atoms in total. The number of benzene rings is 2. The predicted molar refractivity (Wildman–Crippen MR) is 99.1 cm³/mol. The Morgan fingerprint density at radius 1 is 0.840 bits per heavy atom. The van der Waals surface area contributed by atoms with Crippen LogP contribution in [0.15, 0.2) is 42.5 Å².